The van der Waals surface area contributed by atoms with E-state index in [1.165, 1.54) is 39.6 Å². The van der Waals surface area contributed by atoms with Gasteiger partial charge in [-0.3, -0.25) is 14.5 Å². The molecule has 5 rings (SSSR count). The first kappa shape index (κ1) is 27.7. The molecule has 11 heteroatoms. The third kappa shape index (κ3) is 5.56. The molecule has 0 saturated carbocycles. The van der Waals surface area contributed by atoms with E-state index in [1.54, 1.807) is 43.3 Å². The van der Waals surface area contributed by atoms with Gasteiger partial charge in [0.15, 0.2) is 15.8 Å². The van der Waals surface area contributed by atoms with Gasteiger partial charge in [0.25, 0.3) is 5.78 Å². The van der Waals surface area contributed by atoms with Crippen molar-refractivity contribution >= 4 is 57.3 Å². The number of hydrogen-bond acceptors (Lipinski definition) is 9. The molecule has 1 aliphatic heterocycles. The van der Waals surface area contributed by atoms with Crippen LogP contribution in [0.2, 0.25) is 5.02 Å². The van der Waals surface area contributed by atoms with Crippen LogP contribution >= 0.6 is 34.7 Å². The minimum absolute atomic E-state index is 0.0917. The van der Waals surface area contributed by atoms with E-state index < -0.39 is 17.7 Å². The summed E-state index contributed by atoms with van der Waals surface area (Å²) in [4.78, 5) is 28.1. The van der Waals surface area contributed by atoms with E-state index in [4.69, 9.17) is 16.3 Å². The second-order valence-corrected chi connectivity index (χ2v) is 11.6. The Kier molecular flexibility index (Phi) is 8.11. The SMILES string of the molecule is CCOc1cc(C2/C(=C(/O)c3ccc(Cl)cc3)C(=O)C(=O)N2c2nnc(SCc3ccc(C)cc3)s2)ccc1O. The number of aromatic nitrogens is 2. The van der Waals surface area contributed by atoms with Crippen LogP contribution in [0.3, 0.4) is 0 Å². The predicted octanol–water partition coefficient (Wildman–Crippen LogP) is 6.52. The van der Waals surface area contributed by atoms with Gasteiger partial charge in [-0.2, -0.15) is 0 Å². The predicted molar refractivity (Wildman–Crippen MR) is 156 cm³/mol. The van der Waals surface area contributed by atoms with Gasteiger partial charge < -0.3 is 14.9 Å². The molecule has 1 aliphatic rings. The number of aromatic hydroxyl groups is 1. The van der Waals surface area contributed by atoms with Gasteiger partial charge in [0.1, 0.15) is 5.76 Å². The lowest BCUT2D eigenvalue weighted by molar-refractivity contribution is -0.132. The molecule has 0 radical (unpaired) electrons. The molecule has 4 aromatic rings. The van der Waals surface area contributed by atoms with Crippen molar-refractivity contribution in [1.82, 2.24) is 10.2 Å². The molecule has 204 valence electrons. The maximum atomic E-state index is 13.4. The molecule has 1 fully saturated rings. The van der Waals surface area contributed by atoms with Crippen LogP contribution in [-0.4, -0.2) is 38.7 Å². The van der Waals surface area contributed by atoms with Crippen molar-refractivity contribution in [3.05, 3.63) is 99.6 Å². The zero-order chi connectivity index (χ0) is 28.4. The Hall–Kier alpha value is -3.86. The molecule has 2 heterocycles. The highest BCUT2D eigenvalue weighted by molar-refractivity contribution is 8.00. The Morgan fingerprint density at radius 3 is 2.50 bits per heavy atom. The summed E-state index contributed by atoms with van der Waals surface area (Å²) in [6, 6.07) is 18.0. The molecule has 0 spiro atoms. The van der Waals surface area contributed by atoms with Gasteiger partial charge in [0.05, 0.1) is 18.2 Å². The molecule has 0 bridgehead atoms. The smallest absolute Gasteiger partial charge is 0.301 e. The first-order valence-corrected chi connectivity index (χ1v) is 14.5. The molecule has 1 unspecified atom stereocenters. The third-order valence-electron chi connectivity index (χ3n) is 6.25. The number of carbonyl (C=O) groups is 2. The summed E-state index contributed by atoms with van der Waals surface area (Å²) in [6.45, 7) is 4.09. The number of thioether (sulfide) groups is 1. The number of ether oxygens (including phenoxy) is 1. The number of rotatable bonds is 8. The van der Waals surface area contributed by atoms with E-state index in [0.29, 0.717) is 32.8 Å². The number of ketones is 1. The van der Waals surface area contributed by atoms with Crippen LogP contribution in [0, 0.1) is 6.92 Å². The van der Waals surface area contributed by atoms with E-state index in [9.17, 15) is 19.8 Å². The molecule has 3 aromatic carbocycles. The normalized spacial score (nSPS) is 16.5. The standard InChI is InChI=1S/C29H24ClN3O5S2/c1-3-38-22-14-19(10-13-21(22)34)24-23(25(35)18-8-11-20(30)12-9-18)26(36)27(37)33(24)28-31-32-29(40-28)39-15-17-6-4-16(2)5-7-17/h4-14,24,34-35H,3,15H2,1-2H3/b25-23-. The summed E-state index contributed by atoms with van der Waals surface area (Å²) in [5.74, 6) is -1.32. The van der Waals surface area contributed by atoms with Crippen molar-refractivity contribution in [2.75, 3.05) is 11.5 Å². The minimum atomic E-state index is -1.04. The van der Waals surface area contributed by atoms with Crippen molar-refractivity contribution in [2.24, 2.45) is 0 Å². The van der Waals surface area contributed by atoms with Crippen molar-refractivity contribution < 1.29 is 24.5 Å². The lowest BCUT2D eigenvalue weighted by atomic mass is 9.95. The Morgan fingerprint density at radius 1 is 1.07 bits per heavy atom. The molecule has 2 N–H and O–H groups in total. The number of benzene rings is 3. The number of phenols is 1. The van der Waals surface area contributed by atoms with Gasteiger partial charge in [0.2, 0.25) is 5.13 Å². The van der Waals surface area contributed by atoms with Crippen LogP contribution in [0.25, 0.3) is 5.76 Å². The maximum Gasteiger partial charge on any atom is 0.301 e. The van der Waals surface area contributed by atoms with Crippen molar-refractivity contribution in [3.63, 3.8) is 0 Å². The van der Waals surface area contributed by atoms with Gasteiger partial charge >= 0.3 is 5.91 Å². The fraction of sp³-hybridized carbons (Fsp3) is 0.172. The molecule has 40 heavy (non-hydrogen) atoms. The second-order valence-electron chi connectivity index (χ2n) is 8.96. The Balaban J connectivity index is 1.56. The number of phenolic OH excluding ortho intramolecular Hbond substituents is 1. The van der Waals surface area contributed by atoms with Gasteiger partial charge in [-0.05, 0) is 61.4 Å². The topological polar surface area (TPSA) is 113 Å². The van der Waals surface area contributed by atoms with Gasteiger partial charge in [-0.15, -0.1) is 10.2 Å². The molecule has 1 saturated heterocycles. The number of nitrogens with zero attached hydrogens (tertiary/aromatic N) is 3. The Morgan fingerprint density at radius 2 is 1.80 bits per heavy atom. The average molecular weight is 594 g/mol. The van der Waals surface area contributed by atoms with E-state index in [2.05, 4.69) is 10.2 Å². The van der Waals surface area contributed by atoms with Crippen LogP contribution in [-0.2, 0) is 15.3 Å². The molecule has 0 aliphatic carbocycles. The Bertz CT molecular complexity index is 1600. The van der Waals surface area contributed by atoms with Crippen LogP contribution in [0.15, 0.2) is 76.6 Å². The number of carbonyl (C=O) groups excluding carboxylic acids is 2. The van der Waals surface area contributed by atoms with Crippen LogP contribution in [0.4, 0.5) is 5.13 Å². The Labute approximate surface area is 243 Å². The summed E-state index contributed by atoms with van der Waals surface area (Å²) >= 11 is 8.66. The van der Waals surface area contributed by atoms with Crippen molar-refractivity contribution in [2.45, 2.75) is 30.0 Å². The number of amides is 1. The highest BCUT2D eigenvalue weighted by Gasteiger charge is 2.48. The van der Waals surface area contributed by atoms with Crippen LogP contribution in [0.1, 0.15) is 35.2 Å². The quantitative estimate of drug-likeness (QED) is 0.0780. The zero-order valence-corrected chi connectivity index (χ0v) is 23.9. The first-order valence-electron chi connectivity index (χ1n) is 12.3. The number of aryl methyl sites for hydroxylation is 1. The van der Waals surface area contributed by atoms with Crippen molar-refractivity contribution in [3.8, 4) is 11.5 Å². The monoisotopic (exact) mass is 593 g/mol. The zero-order valence-electron chi connectivity index (χ0n) is 21.5. The summed E-state index contributed by atoms with van der Waals surface area (Å²) in [7, 11) is 0. The second kappa shape index (κ2) is 11.7. The minimum Gasteiger partial charge on any atom is -0.507 e. The summed E-state index contributed by atoms with van der Waals surface area (Å²) in [5, 5.41) is 30.7. The number of aliphatic hydroxyl groups excluding tert-OH is 1. The largest absolute Gasteiger partial charge is 0.507 e. The van der Waals surface area contributed by atoms with Gasteiger partial charge in [-0.1, -0.05) is 70.6 Å². The summed E-state index contributed by atoms with van der Waals surface area (Å²) in [6.07, 6.45) is 0. The molecule has 1 amide bonds. The van der Waals surface area contributed by atoms with Crippen LogP contribution < -0.4 is 9.64 Å². The summed E-state index contributed by atoms with van der Waals surface area (Å²) in [5.41, 5.74) is 2.93. The number of aliphatic hydroxyl groups is 1. The highest BCUT2D eigenvalue weighted by atomic mass is 35.5. The number of anilines is 1. The number of Topliss-reactive ketones (excluding diaryl/α,β-unsaturated/α-hetero) is 1. The van der Waals surface area contributed by atoms with Gasteiger partial charge in [-0.25, -0.2) is 0 Å². The molecule has 8 nitrogen and oxygen atoms in total. The van der Waals surface area contributed by atoms with E-state index in [-0.39, 0.29) is 28.0 Å². The third-order valence-corrected chi connectivity index (χ3v) is 8.63. The average Bonchev–Trinajstić information content (AvgIpc) is 3.52. The number of halogens is 1. The number of hydrogen-bond donors (Lipinski definition) is 2. The first-order chi connectivity index (χ1) is 19.3. The molecular weight excluding hydrogens is 570 g/mol. The fourth-order valence-electron chi connectivity index (χ4n) is 4.27. The van der Waals surface area contributed by atoms with E-state index in [1.807, 2.05) is 31.2 Å². The van der Waals surface area contributed by atoms with Gasteiger partial charge in [0, 0.05) is 16.3 Å². The summed E-state index contributed by atoms with van der Waals surface area (Å²) < 4.78 is 6.17. The maximum absolute atomic E-state index is 13.4. The van der Waals surface area contributed by atoms with E-state index >= 15 is 0 Å². The molecular formula is C29H24ClN3O5S2. The lowest BCUT2D eigenvalue weighted by Gasteiger charge is -2.23. The van der Waals surface area contributed by atoms with E-state index in [0.717, 1.165) is 5.56 Å². The molecule has 1 atom stereocenters. The highest BCUT2D eigenvalue weighted by Crippen LogP contribution is 2.45. The lowest BCUT2D eigenvalue weighted by Crippen LogP contribution is -2.29. The van der Waals surface area contributed by atoms with Crippen LogP contribution in [0.5, 0.6) is 11.5 Å². The molecule has 1 aromatic heterocycles. The fourth-order valence-corrected chi connectivity index (χ4v) is 6.22. The van der Waals surface area contributed by atoms with Crippen molar-refractivity contribution in [1.29, 1.82) is 0 Å².